The highest BCUT2D eigenvalue weighted by Gasteiger charge is 2.17. The predicted molar refractivity (Wildman–Crippen MR) is 123 cm³/mol. The Morgan fingerprint density at radius 3 is 2.48 bits per heavy atom. The van der Waals surface area contributed by atoms with Crippen molar-refractivity contribution in [2.45, 2.75) is 51.4 Å². The standard InChI is InChI=1S/C26H29N3O2/c30-22-14-11-20(12-15-22)17-25(31)29-26-23(16-13-19-7-3-1-4-8-19)28-24(18-27-26)21-9-5-2-6-10-21/h2,5-6,9-12,14-15,18-19,30H,1,3-4,7-8,13,16-17H2,(H,27,29,31). The van der Waals surface area contributed by atoms with Crippen LogP contribution >= 0.6 is 0 Å². The zero-order valence-corrected chi connectivity index (χ0v) is 17.8. The molecule has 0 unspecified atom stereocenters. The van der Waals surface area contributed by atoms with Crippen molar-refractivity contribution in [2.24, 2.45) is 5.92 Å². The van der Waals surface area contributed by atoms with E-state index in [4.69, 9.17) is 4.98 Å². The summed E-state index contributed by atoms with van der Waals surface area (Å²) in [4.78, 5) is 22.1. The van der Waals surface area contributed by atoms with Gasteiger partial charge in [-0.15, -0.1) is 0 Å². The van der Waals surface area contributed by atoms with Crippen molar-refractivity contribution in [2.75, 3.05) is 5.32 Å². The first kappa shape index (κ1) is 21.0. The second kappa shape index (κ2) is 10.2. The van der Waals surface area contributed by atoms with E-state index in [9.17, 15) is 9.90 Å². The number of carbonyl (C=O) groups is 1. The number of carbonyl (C=O) groups excluding carboxylic acids is 1. The van der Waals surface area contributed by atoms with Crippen LogP contribution in [0.4, 0.5) is 5.82 Å². The first-order chi connectivity index (χ1) is 15.2. The average molecular weight is 416 g/mol. The van der Waals surface area contributed by atoms with Crippen LogP contribution in [0.15, 0.2) is 60.8 Å². The third kappa shape index (κ3) is 5.91. The Bertz CT molecular complexity index is 997. The Hall–Kier alpha value is -3.21. The highest BCUT2D eigenvalue weighted by Crippen LogP contribution is 2.29. The maximum Gasteiger partial charge on any atom is 0.229 e. The molecule has 1 aliphatic rings. The number of aromatic hydroxyl groups is 1. The number of benzene rings is 2. The molecule has 5 nitrogen and oxygen atoms in total. The molecule has 5 heteroatoms. The first-order valence-corrected chi connectivity index (χ1v) is 11.2. The van der Waals surface area contributed by atoms with Gasteiger partial charge in [-0.05, 0) is 36.5 Å². The molecule has 1 fully saturated rings. The number of anilines is 1. The Morgan fingerprint density at radius 2 is 1.74 bits per heavy atom. The second-order valence-corrected chi connectivity index (χ2v) is 8.35. The summed E-state index contributed by atoms with van der Waals surface area (Å²) < 4.78 is 0. The summed E-state index contributed by atoms with van der Waals surface area (Å²) in [7, 11) is 0. The average Bonchev–Trinajstić information content (AvgIpc) is 2.81. The van der Waals surface area contributed by atoms with E-state index < -0.39 is 0 Å². The number of phenolic OH excluding ortho intramolecular Hbond substituents is 1. The van der Waals surface area contributed by atoms with Gasteiger partial charge in [0.1, 0.15) is 5.75 Å². The third-order valence-corrected chi connectivity index (χ3v) is 5.99. The molecule has 160 valence electrons. The number of phenols is 1. The van der Waals surface area contributed by atoms with Gasteiger partial charge in [-0.1, -0.05) is 74.6 Å². The molecule has 0 aliphatic heterocycles. The van der Waals surface area contributed by atoms with Crippen molar-refractivity contribution in [3.05, 3.63) is 72.1 Å². The summed E-state index contributed by atoms with van der Waals surface area (Å²) in [6.45, 7) is 0. The van der Waals surface area contributed by atoms with Crippen LogP contribution in [0.25, 0.3) is 11.3 Å². The monoisotopic (exact) mass is 415 g/mol. The van der Waals surface area contributed by atoms with Gasteiger partial charge in [-0.3, -0.25) is 4.79 Å². The molecular weight excluding hydrogens is 386 g/mol. The Labute approximate surface area is 183 Å². The minimum absolute atomic E-state index is 0.133. The van der Waals surface area contributed by atoms with Gasteiger partial charge in [0.05, 0.1) is 24.0 Å². The van der Waals surface area contributed by atoms with Crippen LogP contribution in [-0.4, -0.2) is 21.0 Å². The maximum atomic E-state index is 12.6. The maximum absolute atomic E-state index is 12.6. The van der Waals surface area contributed by atoms with Gasteiger partial charge in [0.2, 0.25) is 5.91 Å². The van der Waals surface area contributed by atoms with Gasteiger partial charge in [-0.25, -0.2) is 9.97 Å². The molecule has 2 N–H and O–H groups in total. The lowest BCUT2D eigenvalue weighted by Crippen LogP contribution is -2.18. The van der Waals surface area contributed by atoms with Gasteiger partial charge in [0.15, 0.2) is 5.82 Å². The van der Waals surface area contributed by atoms with Crippen LogP contribution in [0.3, 0.4) is 0 Å². The number of amides is 1. The second-order valence-electron chi connectivity index (χ2n) is 8.35. The fourth-order valence-corrected chi connectivity index (χ4v) is 4.25. The molecule has 1 amide bonds. The van der Waals surface area contributed by atoms with Gasteiger partial charge in [-0.2, -0.15) is 0 Å². The molecule has 0 spiro atoms. The van der Waals surface area contributed by atoms with Crippen molar-refractivity contribution in [1.82, 2.24) is 9.97 Å². The van der Waals surface area contributed by atoms with Crippen molar-refractivity contribution in [1.29, 1.82) is 0 Å². The molecule has 4 rings (SSSR count). The smallest absolute Gasteiger partial charge is 0.229 e. The third-order valence-electron chi connectivity index (χ3n) is 5.99. The zero-order chi connectivity index (χ0) is 21.5. The molecule has 1 heterocycles. The minimum atomic E-state index is -0.133. The van der Waals surface area contributed by atoms with Crippen LogP contribution in [0.5, 0.6) is 5.75 Å². The van der Waals surface area contributed by atoms with E-state index in [0.717, 1.165) is 41.3 Å². The van der Waals surface area contributed by atoms with Crippen molar-refractivity contribution >= 4 is 11.7 Å². The molecule has 31 heavy (non-hydrogen) atoms. The zero-order valence-electron chi connectivity index (χ0n) is 17.8. The summed E-state index contributed by atoms with van der Waals surface area (Å²) in [5.74, 6) is 1.35. The first-order valence-electron chi connectivity index (χ1n) is 11.2. The minimum Gasteiger partial charge on any atom is -0.508 e. The molecule has 0 saturated heterocycles. The van der Waals surface area contributed by atoms with E-state index in [1.807, 2.05) is 30.3 Å². The van der Waals surface area contributed by atoms with Crippen LogP contribution in [-0.2, 0) is 17.6 Å². The largest absolute Gasteiger partial charge is 0.508 e. The van der Waals surface area contributed by atoms with Crippen LogP contribution in [0.2, 0.25) is 0 Å². The number of aromatic nitrogens is 2. The van der Waals surface area contributed by atoms with E-state index >= 15 is 0 Å². The van der Waals surface area contributed by atoms with Crippen molar-refractivity contribution in [3.63, 3.8) is 0 Å². The molecule has 0 bridgehead atoms. The molecule has 2 aromatic carbocycles. The molecule has 1 aliphatic carbocycles. The number of rotatable bonds is 7. The van der Waals surface area contributed by atoms with E-state index in [1.165, 1.54) is 32.1 Å². The Kier molecular flexibility index (Phi) is 6.92. The number of hydrogen-bond acceptors (Lipinski definition) is 4. The van der Waals surface area contributed by atoms with Crippen LogP contribution in [0.1, 0.15) is 49.8 Å². The molecule has 0 radical (unpaired) electrons. The molecule has 3 aromatic rings. The Balaban J connectivity index is 1.51. The highest BCUT2D eigenvalue weighted by molar-refractivity contribution is 5.92. The number of nitrogens with zero attached hydrogens (tertiary/aromatic N) is 2. The van der Waals surface area contributed by atoms with Gasteiger partial charge >= 0.3 is 0 Å². The number of aryl methyl sites for hydroxylation is 1. The van der Waals surface area contributed by atoms with E-state index in [-0.39, 0.29) is 18.1 Å². The van der Waals surface area contributed by atoms with Gasteiger partial charge in [0.25, 0.3) is 0 Å². The lowest BCUT2D eigenvalue weighted by molar-refractivity contribution is -0.115. The van der Waals surface area contributed by atoms with Crippen molar-refractivity contribution < 1.29 is 9.90 Å². The van der Waals surface area contributed by atoms with E-state index in [1.54, 1.807) is 30.5 Å². The topological polar surface area (TPSA) is 75.1 Å². The molecule has 0 atom stereocenters. The van der Waals surface area contributed by atoms with Crippen LogP contribution in [0, 0.1) is 5.92 Å². The normalized spacial score (nSPS) is 14.3. The highest BCUT2D eigenvalue weighted by atomic mass is 16.3. The Morgan fingerprint density at radius 1 is 1.00 bits per heavy atom. The summed E-state index contributed by atoms with van der Waals surface area (Å²) >= 11 is 0. The van der Waals surface area contributed by atoms with E-state index in [0.29, 0.717) is 5.82 Å². The molecule has 1 aromatic heterocycles. The summed E-state index contributed by atoms with van der Waals surface area (Å²) in [6.07, 6.45) is 10.4. The molecule has 1 saturated carbocycles. The van der Waals surface area contributed by atoms with Gasteiger partial charge < -0.3 is 10.4 Å². The SMILES string of the molecule is O=C(Cc1ccc(O)cc1)Nc1ncc(-c2ccccc2)nc1CCC1CCCCC1. The summed E-state index contributed by atoms with van der Waals surface area (Å²) in [5, 5.41) is 12.4. The summed E-state index contributed by atoms with van der Waals surface area (Å²) in [5.41, 5.74) is 3.55. The number of hydrogen-bond donors (Lipinski definition) is 2. The predicted octanol–water partition coefficient (Wildman–Crippen LogP) is 5.54. The van der Waals surface area contributed by atoms with Crippen molar-refractivity contribution in [3.8, 4) is 17.0 Å². The molecular formula is C26H29N3O2. The fourth-order valence-electron chi connectivity index (χ4n) is 4.25. The quantitative estimate of drug-likeness (QED) is 0.531. The van der Waals surface area contributed by atoms with Gasteiger partial charge in [0, 0.05) is 5.56 Å². The lowest BCUT2D eigenvalue weighted by Gasteiger charge is -2.21. The number of nitrogens with one attached hydrogen (secondary N) is 1. The summed E-state index contributed by atoms with van der Waals surface area (Å²) in [6, 6.07) is 16.7. The van der Waals surface area contributed by atoms with E-state index in [2.05, 4.69) is 10.3 Å². The van der Waals surface area contributed by atoms with Crippen LogP contribution < -0.4 is 5.32 Å². The lowest BCUT2D eigenvalue weighted by atomic mass is 9.86. The fraction of sp³-hybridized carbons (Fsp3) is 0.346.